The molecule has 2 amide bonds. The number of aliphatic hydroxyl groups is 1. The molecule has 0 radical (unpaired) electrons. The lowest BCUT2D eigenvalue weighted by Gasteiger charge is -2.22. The molecule has 0 aliphatic carbocycles. The van der Waals surface area contributed by atoms with E-state index in [0.717, 1.165) is 12.8 Å². The second-order valence-electron chi connectivity index (χ2n) is 6.45. The average Bonchev–Trinajstić information content (AvgIpc) is 2.98. The number of rotatable bonds is 10. The number of hydrogen-bond donors (Lipinski definition) is 2. The third-order valence-electron chi connectivity index (χ3n) is 4.75. The van der Waals surface area contributed by atoms with E-state index in [1.54, 1.807) is 12.1 Å². The summed E-state index contributed by atoms with van der Waals surface area (Å²) < 4.78 is 14.8. The van der Waals surface area contributed by atoms with Gasteiger partial charge in [0, 0.05) is 31.2 Å². The van der Waals surface area contributed by atoms with Crippen molar-refractivity contribution in [3.8, 4) is 0 Å². The zero-order chi connectivity index (χ0) is 19.1. The smallest absolute Gasteiger partial charge is 0.255 e. The van der Waals surface area contributed by atoms with Gasteiger partial charge in [-0.15, -0.1) is 0 Å². The number of benzene rings is 1. The zero-order valence-electron chi connectivity index (χ0n) is 15.0. The number of halogens is 1. The van der Waals surface area contributed by atoms with Gasteiger partial charge in [0.1, 0.15) is 12.1 Å². The minimum Gasteiger partial charge on any atom is -0.396 e. The predicted molar refractivity (Wildman–Crippen MR) is 94.1 cm³/mol. The van der Waals surface area contributed by atoms with Crippen LogP contribution in [0.25, 0.3) is 0 Å². The van der Waals surface area contributed by atoms with Crippen molar-refractivity contribution in [2.75, 3.05) is 13.7 Å². The Morgan fingerprint density at radius 1 is 1.38 bits per heavy atom. The molecule has 1 aromatic rings. The van der Waals surface area contributed by atoms with Crippen LogP contribution in [0.2, 0.25) is 0 Å². The number of carbonyl (C=O) groups excluding carboxylic acids is 3. The van der Waals surface area contributed by atoms with E-state index in [1.807, 2.05) is 0 Å². The Bertz CT molecular complexity index is 678. The molecule has 142 valence electrons. The molecule has 26 heavy (non-hydrogen) atoms. The van der Waals surface area contributed by atoms with Crippen LogP contribution in [-0.4, -0.2) is 47.8 Å². The highest BCUT2D eigenvalue weighted by atomic mass is 19.1. The Hall–Kier alpha value is -2.28. The number of unbranched alkanes of at least 4 members (excludes halogenated alkanes) is 2. The number of carbonyl (C=O) groups is 3. The van der Waals surface area contributed by atoms with Crippen molar-refractivity contribution >= 4 is 18.1 Å². The lowest BCUT2D eigenvalue weighted by atomic mass is 10.0. The van der Waals surface area contributed by atoms with Gasteiger partial charge in [-0.1, -0.05) is 12.5 Å². The van der Waals surface area contributed by atoms with Crippen molar-refractivity contribution in [1.82, 2.24) is 10.2 Å². The molecule has 7 heteroatoms. The van der Waals surface area contributed by atoms with Crippen LogP contribution in [0.15, 0.2) is 12.1 Å². The first kappa shape index (κ1) is 20.0. The average molecular weight is 364 g/mol. The van der Waals surface area contributed by atoms with Crippen molar-refractivity contribution in [2.45, 2.75) is 51.1 Å². The summed E-state index contributed by atoms with van der Waals surface area (Å²) in [6.45, 7) is 0.168. The number of amides is 2. The van der Waals surface area contributed by atoms with Gasteiger partial charge in [0.15, 0.2) is 0 Å². The summed E-state index contributed by atoms with van der Waals surface area (Å²) in [4.78, 5) is 36.7. The van der Waals surface area contributed by atoms with E-state index < -0.39 is 11.9 Å². The molecule has 6 nitrogen and oxygen atoms in total. The van der Waals surface area contributed by atoms with E-state index in [2.05, 4.69) is 5.32 Å². The van der Waals surface area contributed by atoms with Gasteiger partial charge in [-0.25, -0.2) is 4.39 Å². The van der Waals surface area contributed by atoms with Crippen LogP contribution in [0.5, 0.6) is 0 Å². The quantitative estimate of drug-likeness (QED) is 0.487. The van der Waals surface area contributed by atoms with E-state index in [0.29, 0.717) is 30.3 Å². The summed E-state index contributed by atoms with van der Waals surface area (Å²) in [5, 5.41) is 11.3. The normalized spacial score (nSPS) is 14.3. The highest BCUT2D eigenvalue weighted by Gasteiger charge is 2.35. The number of fused-ring (bicyclic) bond motifs is 1. The molecule has 0 saturated heterocycles. The van der Waals surface area contributed by atoms with Crippen LogP contribution in [-0.2, 0) is 22.6 Å². The van der Waals surface area contributed by atoms with Gasteiger partial charge in [-0.05, 0) is 37.3 Å². The Morgan fingerprint density at radius 2 is 2.15 bits per heavy atom. The molecule has 0 fully saturated rings. The maximum absolute atomic E-state index is 14.8. The van der Waals surface area contributed by atoms with E-state index in [4.69, 9.17) is 5.11 Å². The molecular formula is C19H25FN2O4. The van der Waals surface area contributed by atoms with Gasteiger partial charge in [-0.2, -0.15) is 0 Å². The second-order valence-corrected chi connectivity index (χ2v) is 6.45. The van der Waals surface area contributed by atoms with E-state index in [9.17, 15) is 18.8 Å². The third kappa shape index (κ3) is 4.46. The van der Waals surface area contributed by atoms with Crippen molar-refractivity contribution < 1.29 is 23.9 Å². The summed E-state index contributed by atoms with van der Waals surface area (Å²) in [5.41, 5.74) is 1.15. The first-order valence-corrected chi connectivity index (χ1v) is 8.91. The lowest BCUT2D eigenvalue weighted by Crippen LogP contribution is -2.37. The number of hydrogen-bond acceptors (Lipinski definition) is 4. The fourth-order valence-electron chi connectivity index (χ4n) is 3.19. The summed E-state index contributed by atoms with van der Waals surface area (Å²) >= 11 is 0. The largest absolute Gasteiger partial charge is 0.396 e. The van der Waals surface area contributed by atoms with Gasteiger partial charge >= 0.3 is 0 Å². The van der Waals surface area contributed by atoms with Crippen LogP contribution in [0, 0.1) is 5.82 Å². The van der Waals surface area contributed by atoms with Crippen LogP contribution in [0.1, 0.15) is 53.6 Å². The summed E-state index contributed by atoms with van der Waals surface area (Å²) in [6, 6.07) is 2.48. The highest BCUT2D eigenvalue weighted by Crippen LogP contribution is 2.30. The van der Waals surface area contributed by atoms with Crippen LogP contribution < -0.4 is 5.32 Å². The lowest BCUT2D eigenvalue weighted by molar-refractivity contribution is -0.121. The molecule has 0 aromatic heterocycles. The number of nitrogens with one attached hydrogen (secondary N) is 1. The molecule has 1 unspecified atom stereocenters. The number of aryl methyl sites for hydroxylation is 1. The fourth-order valence-corrected chi connectivity index (χ4v) is 3.19. The van der Waals surface area contributed by atoms with Gasteiger partial charge in [0.05, 0.1) is 12.6 Å². The predicted octanol–water partition coefficient (Wildman–Crippen LogP) is 1.58. The Kier molecular flexibility index (Phi) is 7.26. The first-order valence-electron chi connectivity index (χ1n) is 8.91. The standard InChI is InChI=1S/C19H25FN2O4/c1-21-17(25)9-7-14(12-24)22-11-16-15(19(22)26)8-6-13(18(16)20)5-3-2-4-10-23/h6,8,12,14,23H,2-5,7,9-11H2,1H3,(H,21,25). The summed E-state index contributed by atoms with van der Waals surface area (Å²) in [6.07, 6.45) is 3.77. The van der Waals surface area contributed by atoms with Crippen LogP contribution in [0.3, 0.4) is 0 Å². The molecule has 1 heterocycles. The topological polar surface area (TPSA) is 86.7 Å². The monoisotopic (exact) mass is 364 g/mol. The van der Waals surface area contributed by atoms with Crippen molar-refractivity contribution in [3.63, 3.8) is 0 Å². The number of aldehydes is 1. The molecule has 1 atom stereocenters. The maximum atomic E-state index is 14.8. The molecular weight excluding hydrogens is 339 g/mol. The molecule has 1 aliphatic heterocycles. The SMILES string of the molecule is CNC(=O)CCC(C=O)N1Cc2c(ccc(CCCCCO)c2F)C1=O. The van der Waals surface area contributed by atoms with Crippen molar-refractivity contribution in [1.29, 1.82) is 0 Å². The molecule has 0 bridgehead atoms. The Morgan fingerprint density at radius 3 is 2.81 bits per heavy atom. The number of aliphatic hydroxyl groups excluding tert-OH is 1. The Balaban J connectivity index is 2.10. The van der Waals surface area contributed by atoms with Gasteiger partial charge in [0.25, 0.3) is 5.91 Å². The maximum Gasteiger partial charge on any atom is 0.255 e. The number of nitrogens with zero attached hydrogens (tertiary/aromatic N) is 1. The van der Waals surface area contributed by atoms with Crippen molar-refractivity contribution in [2.24, 2.45) is 0 Å². The van der Waals surface area contributed by atoms with E-state index in [1.165, 1.54) is 11.9 Å². The fraction of sp³-hybridized carbons (Fsp3) is 0.526. The minimum absolute atomic E-state index is 0.0433. The van der Waals surface area contributed by atoms with E-state index >= 15 is 0 Å². The molecule has 2 rings (SSSR count). The highest BCUT2D eigenvalue weighted by molar-refractivity contribution is 5.99. The third-order valence-corrected chi connectivity index (χ3v) is 4.75. The Labute approximate surface area is 152 Å². The minimum atomic E-state index is -0.750. The molecule has 1 aromatic carbocycles. The molecule has 1 aliphatic rings. The molecule has 0 saturated carbocycles. The zero-order valence-corrected chi connectivity index (χ0v) is 15.0. The van der Waals surface area contributed by atoms with Crippen LogP contribution in [0.4, 0.5) is 4.39 Å². The molecule has 0 spiro atoms. The molecule has 2 N–H and O–H groups in total. The van der Waals surface area contributed by atoms with Gasteiger partial charge in [0.2, 0.25) is 5.91 Å². The van der Waals surface area contributed by atoms with Crippen molar-refractivity contribution in [3.05, 3.63) is 34.6 Å². The van der Waals surface area contributed by atoms with Crippen LogP contribution >= 0.6 is 0 Å². The van der Waals surface area contributed by atoms with Gasteiger partial charge in [-0.3, -0.25) is 9.59 Å². The summed E-state index contributed by atoms with van der Waals surface area (Å²) in [7, 11) is 1.51. The van der Waals surface area contributed by atoms with E-state index in [-0.39, 0.29) is 43.4 Å². The summed E-state index contributed by atoms with van der Waals surface area (Å²) in [5.74, 6) is -0.976. The van der Waals surface area contributed by atoms with Gasteiger partial charge < -0.3 is 20.1 Å². The second kappa shape index (κ2) is 9.43. The first-order chi connectivity index (χ1) is 12.5.